The number of benzene rings is 2. The first kappa shape index (κ1) is 21.2. The van der Waals surface area contributed by atoms with E-state index in [9.17, 15) is 4.79 Å². The number of hydrogen-bond donors (Lipinski definition) is 1. The number of hydrogen-bond acceptors (Lipinski definition) is 4. The van der Waals surface area contributed by atoms with E-state index in [0.717, 1.165) is 49.8 Å². The van der Waals surface area contributed by atoms with E-state index in [-0.39, 0.29) is 5.91 Å². The Morgan fingerprint density at radius 2 is 1.79 bits per heavy atom. The number of aryl methyl sites for hydroxylation is 1. The first-order valence-electron chi connectivity index (χ1n) is 11.2. The van der Waals surface area contributed by atoms with Crippen molar-refractivity contribution in [2.75, 3.05) is 31.6 Å². The van der Waals surface area contributed by atoms with Crippen LogP contribution < -0.4 is 5.32 Å². The number of carbonyl (C=O) groups excluding carboxylic acids is 1. The minimum atomic E-state index is -0.196. The summed E-state index contributed by atoms with van der Waals surface area (Å²) in [5.74, 6) is 0.505. The molecular formula is C26H27N5O2. The highest BCUT2D eigenvalue weighted by molar-refractivity contribution is 6.06. The third kappa shape index (κ3) is 4.74. The molecule has 1 saturated heterocycles. The maximum atomic E-state index is 13.2. The van der Waals surface area contributed by atoms with Crippen molar-refractivity contribution in [2.24, 2.45) is 0 Å². The second kappa shape index (κ2) is 9.44. The minimum Gasteiger partial charge on any atom is -0.379 e. The second-order valence-corrected chi connectivity index (χ2v) is 8.26. The lowest BCUT2D eigenvalue weighted by Crippen LogP contribution is -2.35. The molecule has 168 valence electrons. The Labute approximate surface area is 193 Å². The molecule has 0 radical (unpaired) electrons. The van der Waals surface area contributed by atoms with Crippen molar-refractivity contribution in [1.29, 1.82) is 0 Å². The van der Waals surface area contributed by atoms with Crippen LogP contribution in [-0.4, -0.2) is 51.5 Å². The standard InChI is InChI=1S/C26H27N5O2/c1-20-5-4-6-23(17-20)31-26(30-11-2-3-12-30)24(18-27-31)25(32)28-22-9-7-21(8-10-22)19-29-13-15-33-16-14-29/h2-12,17-18H,13-16,19H2,1H3,(H,28,32). The van der Waals surface area contributed by atoms with E-state index in [1.807, 2.05) is 66.3 Å². The number of nitrogens with one attached hydrogen (secondary N) is 1. The van der Waals surface area contributed by atoms with Gasteiger partial charge in [-0.3, -0.25) is 9.69 Å². The van der Waals surface area contributed by atoms with Gasteiger partial charge in [-0.05, 0) is 54.4 Å². The molecule has 33 heavy (non-hydrogen) atoms. The summed E-state index contributed by atoms with van der Waals surface area (Å²) in [5.41, 5.74) is 4.52. The summed E-state index contributed by atoms with van der Waals surface area (Å²) in [4.78, 5) is 15.6. The molecule has 5 rings (SSSR count). The van der Waals surface area contributed by atoms with Gasteiger partial charge in [0.25, 0.3) is 5.91 Å². The highest BCUT2D eigenvalue weighted by Crippen LogP contribution is 2.22. The fourth-order valence-electron chi connectivity index (χ4n) is 4.08. The third-order valence-corrected chi connectivity index (χ3v) is 5.81. The van der Waals surface area contributed by atoms with Crippen molar-refractivity contribution in [3.05, 3.63) is 95.9 Å². The van der Waals surface area contributed by atoms with Crippen LogP contribution in [0.2, 0.25) is 0 Å². The lowest BCUT2D eigenvalue weighted by Gasteiger charge is -2.26. The summed E-state index contributed by atoms with van der Waals surface area (Å²) < 4.78 is 9.13. The van der Waals surface area contributed by atoms with Crippen LogP contribution in [0.3, 0.4) is 0 Å². The summed E-state index contributed by atoms with van der Waals surface area (Å²) >= 11 is 0. The number of morpholine rings is 1. The smallest absolute Gasteiger partial charge is 0.261 e. The van der Waals surface area contributed by atoms with E-state index < -0.39 is 0 Å². The fourth-order valence-corrected chi connectivity index (χ4v) is 4.08. The van der Waals surface area contributed by atoms with Crippen LogP contribution in [0.5, 0.6) is 0 Å². The molecule has 0 spiro atoms. The zero-order chi connectivity index (χ0) is 22.6. The summed E-state index contributed by atoms with van der Waals surface area (Å²) in [5, 5.41) is 7.57. The van der Waals surface area contributed by atoms with E-state index in [1.54, 1.807) is 10.9 Å². The third-order valence-electron chi connectivity index (χ3n) is 5.81. The highest BCUT2D eigenvalue weighted by Gasteiger charge is 2.20. The molecule has 3 heterocycles. The molecule has 0 atom stereocenters. The van der Waals surface area contributed by atoms with Crippen molar-refractivity contribution in [3.63, 3.8) is 0 Å². The highest BCUT2D eigenvalue weighted by atomic mass is 16.5. The largest absolute Gasteiger partial charge is 0.379 e. The van der Waals surface area contributed by atoms with Gasteiger partial charge in [-0.1, -0.05) is 24.3 Å². The van der Waals surface area contributed by atoms with Gasteiger partial charge in [-0.15, -0.1) is 0 Å². The Hall–Kier alpha value is -3.68. The average molecular weight is 442 g/mol. The fraction of sp³-hybridized carbons (Fsp3) is 0.231. The van der Waals surface area contributed by atoms with Gasteiger partial charge in [0.05, 0.1) is 25.1 Å². The van der Waals surface area contributed by atoms with Crippen LogP contribution in [0.1, 0.15) is 21.5 Å². The lowest BCUT2D eigenvalue weighted by molar-refractivity contribution is 0.0342. The van der Waals surface area contributed by atoms with E-state index in [1.165, 1.54) is 5.56 Å². The molecule has 0 saturated carbocycles. The molecule has 0 aliphatic carbocycles. The predicted octanol–water partition coefficient (Wildman–Crippen LogP) is 4.06. The van der Waals surface area contributed by atoms with E-state index in [4.69, 9.17) is 4.74 Å². The topological polar surface area (TPSA) is 64.3 Å². The number of ether oxygens (including phenoxy) is 1. The maximum absolute atomic E-state index is 13.2. The van der Waals surface area contributed by atoms with Gasteiger partial charge in [0.2, 0.25) is 0 Å². The molecule has 0 bridgehead atoms. The van der Waals surface area contributed by atoms with Crippen molar-refractivity contribution in [3.8, 4) is 11.5 Å². The normalized spacial score (nSPS) is 14.3. The number of amides is 1. The monoisotopic (exact) mass is 441 g/mol. The van der Waals surface area contributed by atoms with Crippen molar-refractivity contribution >= 4 is 11.6 Å². The molecule has 1 aliphatic heterocycles. The zero-order valence-electron chi connectivity index (χ0n) is 18.6. The number of nitrogens with zero attached hydrogens (tertiary/aromatic N) is 4. The summed E-state index contributed by atoms with van der Waals surface area (Å²) in [6, 6.07) is 20.0. The van der Waals surface area contributed by atoms with Crippen LogP contribution in [0.25, 0.3) is 11.5 Å². The van der Waals surface area contributed by atoms with E-state index in [0.29, 0.717) is 11.4 Å². The SMILES string of the molecule is Cc1cccc(-n2ncc(C(=O)Nc3ccc(CN4CCOCC4)cc3)c2-n2cccc2)c1. The van der Waals surface area contributed by atoms with Gasteiger partial charge in [0, 0.05) is 37.7 Å². The lowest BCUT2D eigenvalue weighted by atomic mass is 10.2. The predicted molar refractivity (Wildman–Crippen MR) is 128 cm³/mol. The Balaban J connectivity index is 1.37. The van der Waals surface area contributed by atoms with Crippen LogP contribution in [0, 0.1) is 6.92 Å². The molecule has 1 N–H and O–H groups in total. The zero-order valence-corrected chi connectivity index (χ0v) is 18.6. The molecule has 4 aromatic rings. The minimum absolute atomic E-state index is 0.196. The van der Waals surface area contributed by atoms with Gasteiger partial charge in [0.15, 0.2) is 5.82 Å². The summed E-state index contributed by atoms with van der Waals surface area (Å²) in [6.45, 7) is 6.40. The Morgan fingerprint density at radius 3 is 2.52 bits per heavy atom. The molecule has 2 aromatic carbocycles. The first-order valence-corrected chi connectivity index (χ1v) is 11.2. The average Bonchev–Trinajstić information content (AvgIpc) is 3.51. The quantitative estimate of drug-likeness (QED) is 0.490. The van der Waals surface area contributed by atoms with Crippen LogP contribution in [0.4, 0.5) is 5.69 Å². The van der Waals surface area contributed by atoms with Gasteiger partial charge in [-0.2, -0.15) is 5.10 Å². The second-order valence-electron chi connectivity index (χ2n) is 8.26. The Bertz CT molecular complexity index is 1220. The van der Waals surface area contributed by atoms with E-state index in [2.05, 4.69) is 33.5 Å². The van der Waals surface area contributed by atoms with Crippen molar-refractivity contribution in [1.82, 2.24) is 19.2 Å². The van der Waals surface area contributed by atoms with Gasteiger partial charge in [-0.25, -0.2) is 4.68 Å². The molecule has 1 fully saturated rings. The first-order chi connectivity index (χ1) is 16.2. The van der Waals surface area contributed by atoms with Crippen LogP contribution in [0.15, 0.2) is 79.3 Å². The number of rotatable bonds is 6. The van der Waals surface area contributed by atoms with Crippen LogP contribution in [-0.2, 0) is 11.3 Å². The molecule has 7 nitrogen and oxygen atoms in total. The summed E-state index contributed by atoms with van der Waals surface area (Å²) in [7, 11) is 0. The number of aromatic nitrogens is 3. The van der Waals surface area contributed by atoms with E-state index >= 15 is 0 Å². The van der Waals surface area contributed by atoms with Gasteiger partial charge in [0.1, 0.15) is 5.56 Å². The molecule has 0 unspecified atom stereocenters. The Morgan fingerprint density at radius 1 is 1.03 bits per heavy atom. The maximum Gasteiger partial charge on any atom is 0.261 e. The molecule has 7 heteroatoms. The van der Waals surface area contributed by atoms with Crippen molar-refractivity contribution in [2.45, 2.75) is 13.5 Å². The number of carbonyl (C=O) groups is 1. The molecule has 1 aliphatic rings. The molecular weight excluding hydrogens is 414 g/mol. The van der Waals surface area contributed by atoms with Crippen molar-refractivity contribution < 1.29 is 9.53 Å². The van der Waals surface area contributed by atoms with Gasteiger partial charge >= 0.3 is 0 Å². The van der Waals surface area contributed by atoms with Gasteiger partial charge < -0.3 is 14.6 Å². The molecule has 1 amide bonds. The Kier molecular flexibility index (Phi) is 6.06. The van der Waals surface area contributed by atoms with Crippen LogP contribution >= 0.6 is 0 Å². The number of anilines is 1. The summed E-state index contributed by atoms with van der Waals surface area (Å²) in [6.07, 6.45) is 5.46. The molecule has 2 aromatic heterocycles.